The lowest BCUT2D eigenvalue weighted by Crippen LogP contribution is -2.49. The third-order valence-corrected chi connectivity index (χ3v) is 5.51. The van der Waals surface area contributed by atoms with Crippen molar-refractivity contribution in [3.63, 3.8) is 0 Å². The number of benzene rings is 1. The monoisotopic (exact) mass is 462 g/mol. The number of amides is 1. The van der Waals surface area contributed by atoms with E-state index in [1.54, 1.807) is 41.6 Å². The van der Waals surface area contributed by atoms with Crippen LogP contribution in [0.25, 0.3) is 0 Å². The minimum absolute atomic E-state index is 0.169. The Bertz CT molecular complexity index is 1080. The van der Waals surface area contributed by atoms with Gasteiger partial charge in [0.15, 0.2) is 0 Å². The van der Waals surface area contributed by atoms with Gasteiger partial charge in [0.25, 0.3) is 0 Å². The fourth-order valence-corrected chi connectivity index (χ4v) is 3.57. The molecule has 3 aromatic rings. The number of carboxylic acid groups (broad SMARTS) is 1. The summed E-state index contributed by atoms with van der Waals surface area (Å²) in [5.41, 5.74) is 2.05. The van der Waals surface area contributed by atoms with E-state index >= 15 is 0 Å². The summed E-state index contributed by atoms with van der Waals surface area (Å²) in [5, 5.41) is 8.96. The largest absolute Gasteiger partial charge is 0.492 e. The molecule has 0 aliphatic carbocycles. The summed E-state index contributed by atoms with van der Waals surface area (Å²) in [6.07, 6.45) is 5.12. The number of carboxylic acids is 1. The molecule has 1 N–H and O–H groups in total. The summed E-state index contributed by atoms with van der Waals surface area (Å²) in [5.74, 6) is 0.253. The van der Waals surface area contributed by atoms with Crippen molar-refractivity contribution < 1.29 is 24.2 Å². The molecule has 176 valence electrons. The Hall–Kier alpha value is -3.98. The number of hydrogen-bond donors (Lipinski definition) is 1. The van der Waals surface area contributed by atoms with Gasteiger partial charge in [0.05, 0.1) is 24.1 Å². The van der Waals surface area contributed by atoms with Crippen LogP contribution in [0.15, 0.2) is 67.1 Å². The number of nitrogens with zero attached hydrogens (tertiary/aromatic N) is 4. The lowest BCUT2D eigenvalue weighted by Gasteiger charge is -2.33. The van der Waals surface area contributed by atoms with E-state index in [4.69, 9.17) is 14.6 Å². The van der Waals surface area contributed by atoms with E-state index in [0.717, 1.165) is 23.4 Å². The Morgan fingerprint density at radius 3 is 2.38 bits per heavy atom. The maximum atomic E-state index is 12.5. The highest BCUT2D eigenvalue weighted by Crippen LogP contribution is 2.16. The summed E-state index contributed by atoms with van der Waals surface area (Å²) in [4.78, 5) is 35.6. The predicted octanol–water partition coefficient (Wildman–Crippen LogP) is 3.11. The van der Waals surface area contributed by atoms with Crippen molar-refractivity contribution in [1.82, 2.24) is 19.8 Å². The lowest BCUT2D eigenvalue weighted by atomic mass is 10.1. The number of hydrogen-bond acceptors (Lipinski definition) is 7. The SMILES string of the molecule is O=C(O)c1ccc(CN2CCN(C(=O)Oc3ccc(CCOc4cccnc4)cc3)CC2)nc1. The van der Waals surface area contributed by atoms with Crippen molar-refractivity contribution in [3.05, 3.63) is 83.9 Å². The highest BCUT2D eigenvalue weighted by atomic mass is 16.6. The molecule has 0 radical (unpaired) electrons. The number of piperazine rings is 1. The Morgan fingerprint density at radius 2 is 1.74 bits per heavy atom. The average Bonchev–Trinajstić information content (AvgIpc) is 2.86. The van der Waals surface area contributed by atoms with Crippen LogP contribution < -0.4 is 9.47 Å². The quantitative estimate of drug-likeness (QED) is 0.545. The molecule has 1 saturated heterocycles. The molecule has 1 amide bonds. The van der Waals surface area contributed by atoms with Gasteiger partial charge in [0.1, 0.15) is 11.5 Å². The van der Waals surface area contributed by atoms with Crippen molar-refractivity contribution >= 4 is 12.1 Å². The fourth-order valence-electron chi connectivity index (χ4n) is 3.57. The van der Waals surface area contributed by atoms with Gasteiger partial charge in [-0.2, -0.15) is 0 Å². The van der Waals surface area contributed by atoms with E-state index in [2.05, 4.69) is 14.9 Å². The van der Waals surface area contributed by atoms with Gasteiger partial charge in [0, 0.05) is 51.5 Å². The number of carbonyl (C=O) groups is 2. The molecule has 1 aromatic carbocycles. The first-order valence-corrected chi connectivity index (χ1v) is 11.1. The molecule has 2 aromatic heterocycles. The predicted molar refractivity (Wildman–Crippen MR) is 124 cm³/mol. The van der Waals surface area contributed by atoms with E-state index in [0.29, 0.717) is 45.1 Å². The van der Waals surface area contributed by atoms with Crippen LogP contribution in [-0.4, -0.2) is 69.7 Å². The van der Waals surface area contributed by atoms with Crippen molar-refractivity contribution in [2.75, 3.05) is 32.8 Å². The molecule has 3 heterocycles. The van der Waals surface area contributed by atoms with Crippen LogP contribution in [0.4, 0.5) is 4.79 Å². The first kappa shape index (κ1) is 23.2. The van der Waals surface area contributed by atoms with Crippen LogP contribution in [-0.2, 0) is 13.0 Å². The number of rotatable bonds is 8. The second kappa shape index (κ2) is 11.2. The van der Waals surface area contributed by atoms with E-state index < -0.39 is 5.97 Å². The second-order valence-electron chi connectivity index (χ2n) is 7.91. The molecule has 1 aliphatic rings. The molecule has 1 fully saturated rings. The number of aromatic carboxylic acids is 1. The maximum absolute atomic E-state index is 12.5. The fraction of sp³-hybridized carbons (Fsp3) is 0.280. The van der Waals surface area contributed by atoms with Crippen molar-refractivity contribution in [2.45, 2.75) is 13.0 Å². The third kappa shape index (κ3) is 6.52. The van der Waals surface area contributed by atoms with Crippen LogP contribution in [0.2, 0.25) is 0 Å². The maximum Gasteiger partial charge on any atom is 0.415 e. The van der Waals surface area contributed by atoms with E-state index in [1.807, 2.05) is 24.3 Å². The van der Waals surface area contributed by atoms with Crippen molar-refractivity contribution in [1.29, 1.82) is 0 Å². The zero-order valence-corrected chi connectivity index (χ0v) is 18.7. The summed E-state index contributed by atoms with van der Waals surface area (Å²) < 4.78 is 11.2. The van der Waals surface area contributed by atoms with Crippen LogP contribution in [0.3, 0.4) is 0 Å². The van der Waals surface area contributed by atoms with Crippen LogP contribution in [0.1, 0.15) is 21.6 Å². The van der Waals surface area contributed by atoms with Gasteiger partial charge in [-0.1, -0.05) is 12.1 Å². The first-order chi connectivity index (χ1) is 16.6. The van der Waals surface area contributed by atoms with Gasteiger partial charge in [-0.05, 0) is 42.0 Å². The van der Waals surface area contributed by atoms with Crippen LogP contribution >= 0.6 is 0 Å². The minimum atomic E-state index is -0.990. The number of ether oxygens (including phenoxy) is 2. The van der Waals surface area contributed by atoms with Gasteiger partial charge in [-0.3, -0.25) is 14.9 Å². The zero-order valence-electron chi connectivity index (χ0n) is 18.7. The van der Waals surface area contributed by atoms with Gasteiger partial charge in [-0.25, -0.2) is 9.59 Å². The Labute approximate surface area is 197 Å². The summed E-state index contributed by atoms with van der Waals surface area (Å²) in [6.45, 7) is 3.62. The lowest BCUT2D eigenvalue weighted by molar-refractivity contribution is 0.0696. The highest BCUT2D eigenvalue weighted by molar-refractivity contribution is 5.87. The number of carbonyl (C=O) groups excluding carboxylic acids is 1. The molecule has 0 unspecified atom stereocenters. The Kier molecular flexibility index (Phi) is 7.67. The van der Waals surface area contributed by atoms with E-state index in [-0.39, 0.29) is 11.7 Å². The van der Waals surface area contributed by atoms with Crippen LogP contribution in [0.5, 0.6) is 11.5 Å². The topological polar surface area (TPSA) is 105 Å². The molecule has 1 aliphatic heterocycles. The summed E-state index contributed by atoms with van der Waals surface area (Å²) >= 11 is 0. The first-order valence-electron chi connectivity index (χ1n) is 11.1. The molecule has 0 bridgehead atoms. The molecule has 0 saturated carbocycles. The zero-order chi connectivity index (χ0) is 23.8. The van der Waals surface area contributed by atoms with Gasteiger partial charge in [-0.15, -0.1) is 0 Å². The van der Waals surface area contributed by atoms with Gasteiger partial charge < -0.3 is 19.5 Å². The molecule has 34 heavy (non-hydrogen) atoms. The van der Waals surface area contributed by atoms with Crippen LogP contribution in [0, 0.1) is 0 Å². The normalized spacial score (nSPS) is 13.9. The van der Waals surface area contributed by atoms with Crippen molar-refractivity contribution in [2.24, 2.45) is 0 Å². The smallest absolute Gasteiger partial charge is 0.415 e. The molecule has 4 rings (SSSR count). The Morgan fingerprint density at radius 1 is 0.941 bits per heavy atom. The molecular formula is C25H26N4O5. The number of aromatic nitrogens is 2. The van der Waals surface area contributed by atoms with Gasteiger partial charge in [0.2, 0.25) is 0 Å². The second-order valence-corrected chi connectivity index (χ2v) is 7.91. The third-order valence-electron chi connectivity index (χ3n) is 5.51. The molecule has 0 spiro atoms. The summed E-state index contributed by atoms with van der Waals surface area (Å²) in [7, 11) is 0. The average molecular weight is 463 g/mol. The van der Waals surface area contributed by atoms with E-state index in [1.165, 1.54) is 6.20 Å². The Balaban J connectivity index is 1.19. The van der Waals surface area contributed by atoms with Crippen molar-refractivity contribution in [3.8, 4) is 11.5 Å². The van der Waals surface area contributed by atoms with E-state index in [9.17, 15) is 9.59 Å². The molecule has 0 atom stereocenters. The summed E-state index contributed by atoms with van der Waals surface area (Å²) in [6, 6.07) is 14.4. The highest BCUT2D eigenvalue weighted by Gasteiger charge is 2.23. The number of pyridine rings is 2. The minimum Gasteiger partial charge on any atom is -0.492 e. The van der Waals surface area contributed by atoms with Gasteiger partial charge >= 0.3 is 12.1 Å². The standard InChI is InChI=1S/C25H26N4O5/c30-24(31)20-5-6-21(27-16-20)18-28-11-13-29(14-12-28)25(32)34-22-7-3-19(4-8-22)9-15-33-23-2-1-10-26-17-23/h1-8,10,16-17H,9,11-15,18H2,(H,30,31). The molecular weight excluding hydrogens is 436 g/mol. The molecule has 9 nitrogen and oxygen atoms in total. The molecule has 9 heteroatoms.